The molecule has 3 aromatic rings. The summed E-state index contributed by atoms with van der Waals surface area (Å²) >= 11 is 3.39. The van der Waals surface area contributed by atoms with Gasteiger partial charge in [0.1, 0.15) is 5.57 Å². The Bertz CT molecular complexity index is 1420. The van der Waals surface area contributed by atoms with E-state index in [1.165, 1.54) is 12.1 Å². The molecule has 2 heterocycles. The number of carbonyl (C=O) groups is 4. The molecular weight excluding hydrogens is 502 g/mol. The van der Waals surface area contributed by atoms with Crippen LogP contribution in [0, 0.1) is 20.8 Å². The van der Waals surface area contributed by atoms with Crippen LogP contribution in [-0.4, -0.2) is 33.5 Å². The standard InChI is InChI=1S/C25H20BrN3O5/c1-13-9-19(7-8-21(13)26)29-23(31)20(22(30)27-25(29)34)12-17-10-14(2)28(15(17)3)18-6-4-5-16(11-18)24(32)33/h4-12H,1-3H3,(H,32,33)(H,27,30,34)/b20-12+. The van der Waals surface area contributed by atoms with E-state index in [2.05, 4.69) is 21.2 Å². The van der Waals surface area contributed by atoms with E-state index in [-0.39, 0.29) is 11.1 Å². The lowest BCUT2D eigenvalue weighted by Gasteiger charge is -2.26. The number of hydrogen-bond acceptors (Lipinski definition) is 4. The molecule has 1 aromatic heterocycles. The lowest BCUT2D eigenvalue weighted by molar-refractivity contribution is -0.122. The van der Waals surface area contributed by atoms with Gasteiger partial charge in [-0.25, -0.2) is 14.5 Å². The van der Waals surface area contributed by atoms with Gasteiger partial charge in [0.05, 0.1) is 11.3 Å². The Kier molecular flexibility index (Phi) is 5.97. The minimum atomic E-state index is -1.04. The molecule has 0 bridgehead atoms. The molecule has 9 heteroatoms. The number of carboxylic acid groups (broad SMARTS) is 1. The number of nitrogens with one attached hydrogen (secondary N) is 1. The van der Waals surface area contributed by atoms with Crippen molar-refractivity contribution in [1.82, 2.24) is 9.88 Å². The highest BCUT2D eigenvalue weighted by atomic mass is 79.9. The predicted molar refractivity (Wildman–Crippen MR) is 130 cm³/mol. The fourth-order valence-electron chi connectivity index (χ4n) is 3.92. The van der Waals surface area contributed by atoms with E-state index < -0.39 is 23.8 Å². The number of anilines is 1. The molecule has 0 aliphatic carbocycles. The van der Waals surface area contributed by atoms with Gasteiger partial charge in [0, 0.05) is 21.5 Å². The molecule has 34 heavy (non-hydrogen) atoms. The van der Waals surface area contributed by atoms with Crippen LogP contribution in [0.2, 0.25) is 0 Å². The van der Waals surface area contributed by atoms with Crippen LogP contribution in [0.15, 0.2) is 58.6 Å². The van der Waals surface area contributed by atoms with Gasteiger partial charge in [-0.05, 0) is 80.4 Å². The van der Waals surface area contributed by atoms with Gasteiger partial charge in [-0.1, -0.05) is 22.0 Å². The summed E-state index contributed by atoms with van der Waals surface area (Å²) in [5.74, 6) is -2.55. The summed E-state index contributed by atoms with van der Waals surface area (Å²) in [7, 11) is 0. The Balaban J connectivity index is 1.77. The second kappa shape index (κ2) is 8.75. The van der Waals surface area contributed by atoms with Crippen LogP contribution in [0.5, 0.6) is 0 Å². The van der Waals surface area contributed by atoms with Crippen LogP contribution in [0.1, 0.15) is 32.9 Å². The van der Waals surface area contributed by atoms with Crippen LogP contribution < -0.4 is 10.2 Å². The summed E-state index contributed by atoms with van der Waals surface area (Å²) in [4.78, 5) is 50.6. The van der Waals surface area contributed by atoms with Crippen molar-refractivity contribution in [2.24, 2.45) is 0 Å². The summed E-state index contributed by atoms with van der Waals surface area (Å²) in [5.41, 5.74) is 3.86. The van der Waals surface area contributed by atoms with Crippen molar-refractivity contribution in [1.29, 1.82) is 0 Å². The van der Waals surface area contributed by atoms with Crippen LogP contribution in [-0.2, 0) is 9.59 Å². The number of benzene rings is 2. The molecule has 8 nitrogen and oxygen atoms in total. The highest BCUT2D eigenvalue weighted by molar-refractivity contribution is 9.10. The number of nitrogens with zero attached hydrogens (tertiary/aromatic N) is 2. The summed E-state index contributed by atoms with van der Waals surface area (Å²) in [5, 5.41) is 11.5. The van der Waals surface area contributed by atoms with Gasteiger partial charge < -0.3 is 9.67 Å². The van der Waals surface area contributed by atoms with Crippen molar-refractivity contribution in [3.63, 3.8) is 0 Å². The highest BCUT2D eigenvalue weighted by Crippen LogP contribution is 2.28. The fraction of sp³-hybridized carbons (Fsp3) is 0.120. The van der Waals surface area contributed by atoms with E-state index in [0.717, 1.165) is 20.6 Å². The van der Waals surface area contributed by atoms with E-state index in [1.807, 2.05) is 18.4 Å². The van der Waals surface area contributed by atoms with Gasteiger partial charge in [-0.3, -0.25) is 14.9 Å². The zero-order chi connectivity index (χ0) is 24.7. The largest absolute Gasteiger partial charge is 0.478 e. The van der Waals surface area contributed by atoms with E-state index >= 15 is 0 Å². The highest BCUT2D eigenvalue weighted by Gasteiger charge is 2.37. The maximum Gasteiger partial charge on any atom is 0.335 e. The predicted octanol–water partition coefficient (Wildman–Crippen LogP) is 4.53. The number of hydrogen-bond donors (Lipinski definition) is 2. The number of carbonyl (C=O) groups excluding carboxylic acids is 3. The molecule has 0 saturated carbocycles. The number of halogens is 1. The minimum absolute atomic E-state index is 0.144. The number of rotatable bonds is 4. The van der Waals surface area contributed by atoms with Crippen LogP contribution >= 0.6 is 15.9 Å². The normalized spacial score (nSPS) is 15.1. The van der Waals surface area contributed by atoms with Gasteiger partial charge in [0.15, 0.2) is 0 Å². The molecule has 172 valence electrons. The number of barbiturate groups is 1. The first-order valence-electron chi connectivity index (χ1n) is 10.3. The minimum Gasteiger partial charge on any atom is -0.478 e. The van der Waals surface area contributed by atoms with Gasteiger partial charge in [-0.2, -0.15) is 0 Å². The number of aryl methyl sites for hydroxylation is 2. The zero-order valence-electron chi connectivity index (χ0n) is 18.5. The third-order valence-corrected chi connectivity index (χ3v) is 6.51. The van der Waals surface area contributed by atoms with E-state index in [1.54, 1.807) is 49.4 Å². The van der Waals surface area contributed by atoms with Crippen molar-refractivity contribution in [2.45, 2.75) is 20.8 Å². The second-order valence-corrected chi connectivity index (χ2v) is 8.76. The maximum atomic E-state index is 13.2. The van der Waals surface area contributed by atoms with E-state index in [4.69, 9.17) is 0 Å². The summed E-state index contributed by atoms with van der Waals surface area (Å²) in [6.07, 6.45) is 1.45. The average molecular weight is 522 g/mol. The molecule has 0 spiro atoms. The number of urea groups is 1. The molecule has 4 rings (SSSR count). The SMILES string of the molecule is Cc1cc(N2C(=O)NC(=O)/C(=C\c3cc(C)n(-c4cccc(C(=O)O)c4)c3C)C2=O)ccc1Br. The topological polar surface area (TPSA) is 109 Å². The van der Waals surface area contributed by atoms with Crippen molar-refractivity contribution in [3.8, 4) is 5.69 Å². The quantitative estimate of drug-likeness (QED) is 0.387. The first-order valence-corrected chi connectivity index (χ1v) is 11.1. The van der Waals surface area contributed by atoms with E-state index in [9.17, 15) is 24.3 Å². The Morgan fingerprint density at radius 3 is 2.41 bits per heavy atom. The molecule has 1 fully saturated rings. The van der Waals surface area contributed by atoms with Gasteiger partial charge in [0.25, 0.3) is 11.8 Å². The van der Waals surface area contributed by atoms with Crippen LogP contribution in [0.3, 0.4) is 0 Å². The van der Waals surface area contributed by atoms with Crippen LogP contribution in [0.25, 0.3) is 11.8 Å². The Morgan fingerprint density at radius 2 is 1.74 bits per heavy atom. The third-order valence-electron chi connectivity index (χ3n) is 5.62. The summed E-state index contributed by atoms with van der Waals surface area (Å²) in [6, 6.07) is 12.5. The maximum absolute atomic E-state index is 13.2. The zero-order valence-corrected chi connectivity index (χ0v) is 20.1. The van der Waals surface area contributed by atoms with Gasteiger partial charge >= 0.3 is 12.0 Å². The van der Waals surface area contributed by atoms with Crippen LogP contribution in [0.4, 0.5) is 10.5 Å². The molecule has 1 saturated heterocycles. The number of carboxylic acids is 1. The van der Waals surface area contributed by atoms with Gasteiger partial charge in [-0.15, -0.1) is 0 Å². The Labute approximate surface area is 203 Å². The molecule has 2 aromatic carbocycles. The molecule has 0 atom stereocenters. The summed E-state index contributed by atoms with van der Waals surface area (Å²) < 4.78 is 2.66. The van der Waals surface area contributed by atoms with Crippen molar-refractivity contribution < 1.29 is 24.3 Å². The van der Waals surface area contributed by atoms with Crippen molar-refractivity contribution >= 4 is 51.5 Å². The lowest BCUT2D eigenvalue weighted by atomic mass is 10.1. The number of aromatic carboxylic acids is 1. The number of aromatic nitrogens is 1. The molecule has 1 aliphatic heterocycles. The number of imide groups is 2. The molecule has 1 aliphatic rings. The Morgan fingerprint density at radius 1 is 1.00 bits per heavy atom. The monoisotopic (exact) mass is 521 g/mol. The van der Waals surface area contributed by atoms with Gasteiger partial charge in [0.2, 0.25) is 0 Å². The molecule has 2 N–H and O–H groups in total. The van der Waals surface area contributed by atoms with Crippen molar-refractivity contribution in [2.75, 3.05) is 4.90 Å². The molecule has 4 amide bonds. The Hall–Kier alpha value is -3.98. The fourth-order valence-corrected chi connectivity index (χ4v) is 4.17. The molecule has 0 unspecified atom stereocenters. The average Bonchev–Trinajstić information content (AvgIpc) is 3.06. The summed E-state index contributed by atoms with van der Waals surface area (Å²) in [6.45, 7) is 5.47. The van der Waals surface area contributed by atoms with Crippen molar-refractivity contribution in [3.05, 3.63) is 86.7 Å². The first kappa shape index (κ1) is 23.2. The third kappa shape index (κ3) is 4.06. The molecular formula is C25H20BrN3O5. The molecule has 0 radical (unpaired) electrons. The smallest absolute Gasteiger partial charge is 0.335 e. The number of amides is 4. The first-order chi connectivity index (χ1) is 16.1. The van der Waals surface area contributed by atoms with E-state index in [0.29, 0.717) is 22.6 Å². The second-order valence-electron chi connectivity index (χ2n) is 7.91. The lowest BCUT2D eigenvalue weighted by Crippen LogP contribution is -2.54.